The smallest absolute Gasteiger partial charge is 0.241 e. The molecule has 1 heterocycles. The Balaban J connectivity index is 2.46. The number of amides is 1. The Morgan fingerprint density at radius 2 is 2.27 bits per heavy atom. The molecule has 76 valence electrons. The van der Waals surface area contributed by atoms with Crippen molar-refractivity contribution >= 4 is 28.8 Å². The van der Waals surface area contributed by atoms with Gasteiger partial charge in [-0.1, -0.05) is 11.2 Å². The van der Waals surface area contributed by atoms with Crippen molar-refractivity contribution in [3.63, 3.8) is 0 Å². The molecule has 4 N–H and O–H groups in total. The van der Waals surface area contributed by atoms with Crippen molar-refractivity contribution in [2.75, 3.05) is 5.73 Å². The van der Waals surface area contributed by atoms with E-state index in [0.717, 1.165) is 10.9 Å². The third-order valence-corrected chi connectivity index (χ3v) is 1.96. The number of nitrogens with zero attached hydrogens (tertiary/aromatic N) is 1. The topological polar surface area (TPSA) is 95.1 Å². The van der Waals surface area contributed by atoms with Crippen molar-refractivity contribution in [3.8, 4) is 0 Å². The Morgan fingerprint density at radius 3 is 3.00 bits per heavy atom. The monoisotopic (exact) mass is 203 g/mol. The zero-order chi connectivity index (χ0) is 10.8. The number of hydrogen-bond donors (Lipinski definition) is 2. The van der Waals surface area contributed by atoms with Gasteiger partial charge in [0.25, 0.3) is 0 Å². The lowest BCUT2D eigenvalue weighted by Crippen LogP contribution is -2.04. The van der Waals surface area contributed by atoms with Crippen molar-refractivity contribution in [2.24, 2.45) is 5.73 Å². The van der Waals surface area contributed by atoms with Crippen molar-refractivity contribution in [3.05, 3.63) is 29.8 Å². The largest absolute Gasteiger partial charge is 0.380 e. The van der Waals surface area contributed by atoms with E-state index in [1.165, 1.54) is 6.08 Å². The van der Waals surface area contributed by atoms with Crippen LogP contribution in [0.3, 0.4) is 0 Å². The summed E-state index contributed by atoms with van der Waals surface area (Å²) in [7, 11) is 0. The number of carbonyl (C=O) groups is 1. The van der Waals surface area contributed by atoms with E-state index in [4.69, 9.17) is 16.0 Å². The second-order valence-electron chi connectivity index (χ2n) is 3.06. The van der Waals surface area contributed by atoms with Crippen LogP contribution in [0.25, 0.3) is 17.0 Å². The van der Waals surface area contributed by atoms with Crippen molar-refractivity contribution < 1.29 is 9.32 Å². The number of nitrogens with two attached hydrogens (primary N) is 2. The highest BCUT2D eigenvalue weighted by Gasteiger charge is 2.03. The van der Waals surface area contributed by atoms with Crippen LogP contribution < -0.4 is 11.5 Å². The number of benzene rings is 1. The standard InChI is InChI=1S/C10H9N3O2/c11-9(14)4-2-6-1-3-8-7(5-6)10(12)13-15-8/h1-5H,(H2,11,14)(H2,12,13). The van der Waals surface area contributed by atoms with Crippen LogP contribution in [0.2, 0.25) is 0 Å². The molecule has 0 bridgehead atoms. The van der Waals surface area contributed by atoms with Gasteiger partial charge in [-0.3, -0.25) is 4.79 Å². The molecule has 0 unspecified atom stereocenters. The lowest BCUT2D eigenvalue weighted by Gasteiger charge is -1.92. The minimum atomic E-state index is -0.492. The number of nitrogen functional groups attached to an aromatic ring is 1. The van der Waals surface area contributed by atoms with Gasteiger partial charge in [0.1, 0.15) is 0 Å². The third kappa shape index (κ3) is 1.80. The molecule has 0 radical (unpaired) electrons. The van der Waals surface area contributed by atoms with Crippen LogP contribution in [0.1, 0.15) is 5.56 Å². The van der Waals surface area contributed by atoms with Crippen LogP contribution in [0.5, 0.6) is 0 Å². The molecule has 1 aromatic carbocycles. The first-order valence-corrected chi connectivity index (χ1v) is 4.29. The molecule has 0 aliphatic rings. The summed E-state index contributed by atoms with van der Waals surface area (Å²) in [5.41, 5.74) is 12.0. The van der Waals surface area contributed by atoms with Crippen molar-refractivity contribution in [1.82, 2.24) is 5.16 Å². The molecular formula is C10H9N3O2. The zero-order valence-electron chi connectivity index (χ0n) is 7.81. The molecule has 15 heavy (non-hydrogen) atoms. The molecule has 5 heteroatoms. The lowest BCUT2D eigenvalue weighted by atomic mass is 10.1. The van der Waals surface area contributed by atoms with Gasteiger partial charge in [-0.25, -0.2) is 0 Å². The van der Waals surface area contributed by atoms with Crippen LogP contribution in [0, 0.1) is 0 Å². The maximum Gasteiger partial charge on any atom is 0.241 e. The SMILES string of the molecule is NC(=O)C=Cc1ccc2onc(N)c2c1. The number of aromatic nitrogens is 1. The fourth-order valence-corrected chi connectivity index (χ4v) is 1.26. The Kier molecular flexibility index (Phi) is 2.13. The predicted octanol–water partition coefficient (Wildman–Crippen LogP) is 0.909. The summed E-state index contributed by atoms with van der Waals surface area (Å²) in [6, 6.07) is 5.30. The summed E-state index contributed by atoms with van der Waals surface area (Å²) >= 11 is 0. The fourth-order valence-electron chi connectivity index (χ4n) is 1.26. The Bertz CT molecular complexity index is 543. The molecule has 2 rings (SSSR count). The Morgan fingerprint density at radius 1 is 1.47 bits per heavy atom. The summed E-state index contributed by atoms with van der Waals surface area (Å²) in [5.74, 6) is -0.160. The maximum absolute atomic E-state index is 10.5. The average Bonchev–Trinajstić information content (AvgIpc) is 2.57. The molecule has 0 saturated heterocycles. The van der Waals surface area contributed by atoms with E-state index in [0.29, 0.717) is 11.4 Å². The van der Waals surface area contributed by atoms with Gasteiger partial charge in [0.2, 0.25) is 5.91 Å². The highest BCUT2D eigenvalue weighted by molar-refractivity contribution is 5.92. The fraction of sp³-hybridized carbons (Fsp3) is 0. The van der Waals surface area contributed by atoms with E-state index in [1.54, 1.807) is 24.3 Å². The van der Waals surface area contributed by atoms with Crippen molar-refractivity contribution in [2.45, 2.75) is 0 Å². The molecular weight excluding hydrogens is 194 g/mol. The van der Waals surface area contributed by atoms with Gasteiger partial charge < -0.3 is 16.0 Å². The highest BCUT2D eigenvalue weighted by atomic mass is 16.5. The quantitative estimate of drug-likeness (QED) is 0.709. The minimum Gasteiger partial charge on any atom is -0.380 e. The molecule has 0 aliphatic carbocycles. The summed E-state index contributed by atoms with van der Waals surface area (Å²) in [6.45, 7) is 0. The van der Waals surface area contributed by atoms with Crippen LogP contribution in [-0.4, -0.2) is 11.1 Å². The summed E-state index contributed by atoms with van der Waals surface area (Å²) in [4.78, 5) is 10.5. The molecule has 1 aromatic heterocycles. The Hall–Kier alpha value is -2.30. The molecule has 0 fully saturated rings. The second-order valence-corrected chi connectivity index (χ2v) is 3.06. The number of rotatable bonds is 2. The van der Waals surface area contributed by atoms with Gasteiger partial charge in [0, 0.05) is 6.08 Å². The predicted molar refractivity (Wildman–Crippen MR) is 56.6 cm³/mol. The van der Waals surface area contributed by atoms with Crippen LogP contribution in [-0.2, 0) is 4.79 Å². The van der Waals surface area contributed by atoms with E-state index in [2.05, 4.69) is 5.16 Å². The van der Waals surface area contributed by atoms with Gasteiger partial charge >= 0.3 is 0 Å². The lowest BCUT2D eigenvalue weighted by molar-refractivity contribution is -0.113. The van der Waals surface area contributed by atoms with E-state index in [9.17, 15) is 4.79 Å². The average molecular weight is 203 g/mol. The maximum atomic E-state index is 10.5. The molecule has 2 aromatic rings. The van der Waals surface area contributed by atoms with E-state index < -0.39 is 5.91 Å². The minimum absolute atomic E-state index is 0.333. The van der Waals surface area contributed by atoms with E-state index in [-0.39, 0.29) is 0 Å². The molecule has 0 spiro atoms. The van der Waals surface area contributed by atoms with Gasteiger partial charge in [-0.05, 0) is 23.8 Å². The summed E-state index contributed by atoms with van der Waals surface area (Å²) in [5, 5.41) is 4.34. The van der Waals surface area contributed by atoms with Gasteiger partial charge in [0.05, 0.1) is 5.39 Å². The van der Waals surface area contributed by atoms with E-state index in [1.807, 2.05) is 0 Å². The van der Waals surface area contributed by atoms with Gasteiger partial charge in [-0.2, -0.15) is 0 Å². The molecule has 0 saturated carbocycles. The zero-order valence-corrected chi connectivity index (χ0v) is 7.81. The molecule has 0 aliphatic heterocycles. The number of carbonyl (C=O) groups excluding carboxylic acids is 1. The van der Waals surface area contributed by atoms with Crippen LogP contribution in [0.15, 0.2) is 28.8 Å². The first-order valence-electron chi connectivity index (χ1n) is 4.29. The highest BCUT2D eigenvalue weighted by Crippen LogP contribution is 2.21. The van der Waals surface area contributed by atoms with Crippen LogP contribution >= 0.6 is 0 Å². The normalized spacial score (nSPS) is 11.2. The van der Waals surface area contributed by atoms with E-state index >= 15 is 0 Å². The number of anilines is 1. The van der Waals surface area contributed by atoms with Gasteiger partial charge in [-0.15, -0.1) is 0 Å². The molecule has 5 nitrogen and oxygen atoms in total. The number of primary amides is 1. The summed E-state index contributed by atoms with van der Waals surface area (Å²) < 4.78 is 4.94. The second kappa shape index (κ2) is 3.45. The first kappa shape index (κ1) is 9.26. The molecule has 0 atom stereocenters. The number of hydrogen-bond acceptors (Lipinski definition) is 4. The Labute approximate surface area is 85.3 Å². The van der Waals surface area contributed by atoms with Crippen LogP contribution in [0.4, 0.5) is 5.82 Å². The first-order chi connectivity index (χ1) is 7.16. The summed E-state index contributed by atoms with van der Waals surface area (Å²) in [6.07, 6.45) is 2.89. The van der Waals surface area contributed by atoms with Gasteiger partial charge in [0.15, 0.2) is 11.4 Å². The number of fused-ring (bicyclic) bond motifs is 1. The van der Waals surface area contributed by atoms with Crippen molar-refractivity contribution in [1.29, 1.82) is 0 Å². The molecule has 1 amide bonds. The third-order valence-electron chi connectivity index (χ3n) is 1.96.